The van der Waals surface area contributed by atoms with Gasteiger partial charge in [-0.2, -0.15) is 0 Å². The van der Waals surface area contributed by atoms with Crippen molar-refractivity contribution in [2.45, 2.75) is 6.92 Å². The molecule has 5 rings (SSSR count). The quantitative estimate of drug-likeness (QED) is 0.212. The number of aromatic hydroxyl groups is 3. The SMILES string of the molecule is Cc1ccc(-c2ccc(-c3c4cc(O)c(=O)cc-4oc4cc(O)c(O)cc34)o2)c(Br)c1. The van der Waals surface area contributed by atoms with Crippen molar-refractivity contribution in [3.63, 3.8) is 0 Å². The summed E-state index contributed by atoms with van der Waals surface area (Å²) >= 11 is 3.56. The molecular weight excluding hydrogens is 464 g/mol. The fraction of sp³-hybridized carbons (Fsp3) is 0.0417. The maximum atomic E-state index is 12.0. The molecule has 0 saturated carbocycles. The van der Waals surface area contributed by atoms with Gasteiger partial charge in [0.2, 0.25) is 5.43 Å². The molecule has 0 atom stereocenters. The van der Waals surface area contributed by atoms with E-state index in [2.05, 4.69) is 15.9 Å². The average Bonchev–Trinajstić information content (AvgIpc) is 3.18. The molecule has 154 valence electrons. The zero-order chi connectivity index (χ0) is 21.9. The zero-order valence-corrected chi connectivity index (χ0v) is 17.7. The predicted molar refractivity (Wildman–Crippen MR) is 120 cm³/mol. The van der Waals surface area contributed by atoms with Gasteiger partial charge in [-0.05, 0) is 48.9 Å². The monoisotopic (exact) mass is 478 g/mol. The van der Waals surface area contributed by atoms with Crippen LogP contribution in [-0.2, 0) is 0 Å². The summed E-state index contributed by atoms with van der Waals surface area (Å²) in [7, 11) is 0. The van der Waals surface area contributed by atoms with Crippen LogP contribution in [0.4, 0.5) is 0 Å². The van der Waals surface area contributed by atoms with E-state index < -0.39 is 11.2 Å². The van der Waals surface area contributed by atoms with E-state index in [-0.39, 0.29) is 22.8 Å². The molecule has 3 aromatic rings. The Kier molecular flexibility index (Phi) is 4.30. The fourth-order valence-electron chi connectivity index (χ4n) is 3.63. The van der Waals surface area contributed by atoms with Gasteiger partial charge in [0.15, 0.2) is 17.2 Å². The Bertz CT molecular complexity index is 1510. The van der Waals surface area contributed by atoms with Crippen molar-refractivity contribution < 1.29 is 24.2 Å². The minimum atomic E-state index is -0.590. The van der Waals surface area contributed by atoms with Crippen molar-refractivity contribution in [1.82, 2.24) is 0 Å². The van der Waals surface area contributed by atoms with E-state index in [1.165, 1.54) is 24.3 Å². The molecular formula is C24H15BrO6. The number of hydrogen-bond acceptors (Lipinski definition) is 6. The maximum Gasteiger partial charge on any atom is 0.223 e. The van der Waals surface area contributed by atoms with E-state index in [0.717, 1.165) is 15.6 Å². The van der Waals surface area contributed by atoms with Crippen LogP contribution in [-0.4, -0.2) is 15.3 Å². The second-order valence-corrected chi connectivity index (χ2v) is 8.13. The molecule has 7 heteroatoms. The van der Waals surface area contributed by atoms with E-state index in [0.29, 0.717) is 28.0 Å². The maximum absolute atomic E-state index is 12.0. The lowest BCUT2D eigenvalue weighted by atomic mass is 9.97. The van der Waals surface area contributed by atoms with Crippen molar-refractivity contribution in [3.8, 4) is 51.2 Å². The van der Waals surface area contributed by atoms with Gasteiger partial charge in [-0.15, -0.1) is 0 Å². The normalized spacial score (nSPS) is 11.4. The van der Waals surface area contributed by atoms with E-state index in [1.807, 2.05) is 31.2 Å². The highest BCUT2D eigenvalue weighted by atomic mass is 79.9. The third-order valence-corrected chi connectivity index (χ3v) is 5.80. The summed E-state index contributed by atoms with van der Waals surface area (Å²) in [5.41, 5.74) is 2.56. The molecule has 0 amide bonds. The van der Waals surface area contributed by atoms with Gasteiger partial charge in [0.25, 0.3) is 0 Å². The van der Waals surface area contributed by atoms with Crippen molar-refractivity contribution in [2.24, 2.45) is 0 Å². The van der Waals surface area contributed by atoms with Crippen LogP contribution in [0.15, 0.2) is 72.7 Å². The molecule has 0 bridgehead atoms. The number of furan rings is 1. The van der Waals surface area contributed by atoms with Crippen molar-refractivity contribution in [2.75, 3.05) is 0 Å². The smallest absolute Gasteiger partial charge is 0.223 e. The van der Waals surface area contributed by atoms with Crippen LogP contribution in [0.1, 0.15) is 5.56 Å². The first-order valence-electron chi connectivity index (χ1n) is 9.34. The van der Waals surface area contributed by atoms with Gasteiger partial charge in [0, 0.05) is 38.7 Å². The largest absolute Gasteiger partial charge is 0.504 e. The third kappa shape index (κ3) is 3.14. The van der Waals surface area contributed by atoms with Gasteiger partial charge in [-0.25, -0.2) is 0 Å². The Hall–Kier alpha value is -3.71. The van der Waals surface area contributed by atoms with Gasteiger partial charge in [-0.3, -0.25) is 4.79 Å². The number of halogens is 1. The topological polar surface area (TPSA) is 104 Å². The molecule has 31 heavy (non-hydrogen) atoms. The Morgan fingerprint density at radius 3 is 2.26 bits per heavy atom. The van der Waals surface area contributed by atoms with E-state index in [9.17, 15) is 20.1 Å². The molecule has 0 unspecified atom stereocenters. The fourth-order valence-corrected chi connectivity index (χ4v) is 4.32. The molecule has 0 radical (unpaired) electrons. The Labute approximate surface area is 184 Å². The molecule has 1 aliphatic carbocycles. The number of rotatable bonds is 2. The number of hydrogen-bond donors (Lipinski definition) is 3. The van der Waals surface area contributed by atoms with Crippen LogP contribution >= 0.6 is 15.9 Å². The van der Waals surface area contributed by atoms with Crippen LogP contribution in [0, 0.1) is 6.92 Å². The molecule has 0 saturated heterocycles. The summed E-state index contributed by atoms with van der Waals surface area (Å²) in [5, 5.41) is 30.5. The van der Waals surface area contributed by atoms with Gasteiger partial charge in [-0.1, -0.05) is 22.0 Å². The molecule has 1 aliphatic heterocycles. The molecule has 3 N–H and O–H groups in total. The molecule has 0 spiro atoms. The summed E-state index contributed by atoms with van der Waals surface area (Å²) in [4.78, 5) is 12.0. The molecule has 6 nitrogen and oxygen atoms in total. The summed E-state index contributed by atoms with van der Waals surface area (Å²) in [6, 6.07) is 14.6. The van der Waals surface area contributed by atoms with Crippen LogP contribution in [0.25, 0.3) is 44.9 Å². The molecule has 2 aromatic carbocycles. The average molecular weight is 479 g/mol. The lowest BCUT2D eigenvalue weighted by Crippen LogP contribution is -2.01. The first-order chi connectivity index (χ1) is 14.8. The van der Waals surface area contributed by atoms with Crippen molar-refractivity contribution >= 4 is 26.9 Å². The van der Waals surface area contributed by atoms with Gasteiger partial charge in [0.1, 0.15) is 22.9 Å². The third-order valence-electron chi connectivity index (χ3n) is 5.14. The van der Waals surface area contributed by atoms with Crippen molar-refractivity contribution in [1.29, 1.82) is 0 Å². The zero-order valence-electron chi connectivity index (χ0n) is 16.1. The lowest BCUT2D eigenvalue weighted by Gasteiger charge is -2.14. The molecule has 2 aliphatic rings. The Balaban J connectivity index is 1.83. The van der Waals surface area contributed by atoms with Crippen LogP contribution in [0.3, 0.4) is 0 Å². The van der Waals surface area contributed by atoms with E-state index in [4.69, 9.17) is 8.83 Å². The standard InChI is InChI=1S/C24H15BrO6/c1-11-2-3-12(15(25)6-11)20-4-5-21(30-20)24-13-7-16(26)18(28)9-22(13)31-23-10-19(29)17(27)8-14(23)24/h2-10,26-28H,1H3. The summed E-state index contributed by atoms with van der Waals surface area (Å²) < 4.78 is 12.8. The summed E-state index contributed by atoms with van der Waals surface area (Å²) in [6.07, 6.45) is 0. The number of fused-ring (bicyclic) bond motifs is 2. The minimum Gasteiger partial charge on any atom is -0.504 e. The van der Waals surface area contributed by atoms with E-state index >= 15 is 0 Å². The predicted octanol–water partition coefficient (Wildman–Crippen LogP) is 6.01. The number of aryl methyl sites for hydroxylation is 1. The highest BCUT2D eigenvalue weighted by Crippen LogP contribution is 2.45. The first kappa shape index (κ1) is 19.3. The number of benzene rings is 3. The second kappa shape index (κ2) is 6.92. The number of phenols is 3. The van der Waals surface area contributed by atoms with Gasteiger partial charge in [0.05, 0.1) is 0 Å². The van der Waals surface area contributed by atoms with Gasteiger partial charge < -0.3 is 24.2 Å². The van der Waals surface area contributed by atoms with Crippen molar-refractivity contribution in [3.05, 3.63) is 74.9 Å². The molecule has 2 heterocycles. The van der Waals surface area contributed by atoms with Gasteiger partial charge >= 0.3 is 0 Å². The first-order valence-corrected chi connectivity index (χ1v) is 10.1. The number of phenolic OH excluding ortho intramolecular Hbond substituents is 3. The minimum absolute atomic E-state index is 0.213. The molecule has 1 aromatic heterocycles. The van der Waals surface area contributed by atoms with Crippen LogP contribution < -0.4 is 5.43 Å². The highest BCUT2D eigenvalue weighted by Gasteiger charge is 2.23. The Morgan fingerprint density at radius 2 is 1.48 bits per heavy atom. The summed E-state index contributed by atoms with van der Waals surface area (Å²) in [6.45, 7) is 1.99. The summed E-state index contributed by atoms with van der Waals surface area (Å²) in [5.74, 6) is 0.143. The highest BCUT2D eigenvalue weighted by molar-refractivity contribution is 9.10. The second-order valence-electron chi connectivity index (χ2n) is 7.28. The Morgan fingerprint density at radius 1 is 0.742 bits per heavy atom. The van der Waals surface area contributed by atoms with Crippen LogP contribution in [0.2, 0.25) is 0 Å². The molecule has 0 fully saturated rings. The van der Waals surface area contributed by atoms with E-state index in [1.54, 1.807) is 6.07 Å². The van der Waals surface area contributed by atoms with Crippen LogP contribution in [0.5, 0.6) is 17.2 Å². The lowest BCUT2D eigenvalue weighted by molar-refractivity contribution is 0.403.